The number of ketones is 2. The van der Waals surface area contributed by atoms with Gasteiger partial charge in [-0.1, -0.05) is 12.1 Å². The van der Waals surface area contributed by atoms with Crippen LogP contribution in [0.15, 0.2) is 35.1 Å². The molecule has 0 unspecified atom stereocenters. The van der Waals surface area contributed by atoms with E-state index >= 15 is 0 Å². The van der Waals surface area contributed by atoms with Crippen LogP contribution in [-0.4, -0.2) is 80.7 Å². The summed E-state index contributed by atoms with van der Waals surface area (Å²) >= 11 is 0. The van der Waals surface area contributed by atoms with Crippen molar-refractivity contribution in [2.45, 2.75) is 30.9 Å². The average molecular weight is 470 g/mol. The summed E-state index contributed by atoms with van der Waals surface area (Å²) in [5.74, 6) is -6.40. The standard InChI is InChI=1S/C24H26N2O8/c25-23(32)17-20(29)18(26-5-2-7-34-8-6-26)13-10-12-9-11-3-1-4-14(27)15(11)19(28)16(12)21(30)24(13,33)22(17)31/h1,3-4,12-13,18,27-28,31,33H,2,5-10H2,(H2,25,32)/t12-,13-,18+,24-/m0/s1. The largest absolute Gasteiger partial charge is 0.508 e. The van der Waals surface area contributed by atoms with Crippen molar-refractivity contribution in [2.24, 2.45) is 17.6 Å². The summed E-state index contributed by atoms with van der Waals surface area (Å²) in [6.45, 7) is 1.57. The second kappa shape index (κ2) is 7.93. The van der Waals surface area contributed by atoms with Gasteiger partial charge >= 0.3 is 0 Å². The number of carbonyl (C=O) groups is 3. The molecular weight excluding hydrogens is 444 g/mol. The molecule has 1 amide bonds. The second-order valence-corrected chi connectivity index (χ2v) is 9.31. The number of hydrogen-bond donors (Lipinski definition) is 5. The molecular formula is C24H26N2O8. The number of hydrogen-bond acceptors (Lipinski definition) is 9. The van der Waals surface area contributed by atoms with Crippen molar-refractivity contribution in [3.05, 3.63) is 46.2 Å². The van der Waals surface area contributed by atoms with Gasteiger partial charge < -0.3 is 30.9 Å². The number of carbonyl (C=O) groups excluding carboxylic acids is 3. The molecule has 180 valence electrons. The first-order chi connectivity index (χ1) is 16.2. The molecule has 6 N–H and O–H groups in total. The summed E-state index contributed by atoms with van der Waals surface area (Å²) in [6.07, 6.45) is 0.978. The number of phenolic OH excluding ortho intramolecular Hbond substituents is 1. The Kier molecular flexibility index (Phi) is 5.27. The fourth-order valence-corrected chi connectivity index (χ4v) is 6.05. The molecule has 1 aromatic carbocycles. The Bertz CT molecular complexity index is 1160. The van der Waals surface area contributed by atoms with E-state index in [1.54, 1.807) is 17.0 Å². The van der Waals surface area contributed by atoms with Crippen molar-refractivity contribution in [3.63, 3.8) is 0 Å². The molecule has 10 nitrogen and oxygen atoms in total. The number of Topliss-reactive ketones (excluding diaryl/α,β-unsaturated/α-hetero) is 2. The zero-order valence-electron chi connectivity index (χ0n) is 18.4. The minimum absolute atomic E-state index is 0.0839. The normalized spacial score (nSPS) is 32.1. The van der Waals surface area contributed by atoms with Gasteiger partial charge in [0.25, 0.3) is 5.91 Å². The van der Waals surface area contributed by atoms with Crippen LogP contribution in [0, 0.1) is 11.8 Å². The van der Waals surface area contributed by atoms with Crippen LogP contribution in [-0.2, 0) is 25.5 Å². The van der Waals surface area contributed by atoms with E-state index in [9.17, 15) is 34.8 Å². The van der Waals surface area contributed by atoms with E-state index in [0.717, 1.165) is 0 Å². The maximum atomic E-state index is 13.8. The van der Waals surface area contributed by atoms with Gasteiger partial charge in [-0.3, -0.25) is 19.3 Å². The van der Waals surface area contributed by atoms with Gasteiger partial charge in [-0.05, 0) is 36.8 Å². The first-order valence-electron chi connectivity index (χ1n) is 11.3. The average Bonchev–Trinajstić information content (AvgIpc) is 3.05. The number of primary amides is 1. The molecule has 0 spiro atoms. The fourth-order valence-electron chi connectivity index (χ4n) is 6.05. The lowest BCUT2D eigenvalue weighted by Crippen LogP contribution is -2.66. The molecule has 5 rings (SSSR count). The van der Waals surface area contributed by atoms with Gasteiger partial charge in [0.1, 0.15) is 22.8 Å². The molecule has 3 aliphatic carbocycles. The Morgan fingerprint density at radius 2 is 1.91 bits per heavy atom. The minimum atomic E-state index is -2.63. The molecule has 1 saturated heterocycles. The Labute approximate surface area is 194 Å². The lowest BCUT2D eigenvalue weighted by Gasteiger charge is -2.51. The van der Waals surface area contributed by atoms with Crippen LogP contribution in [0.1, 0.15) is 24.0 Å². The van der Waals surface area contributed by atoms with Gasteiger partial charge in [0.2, 0.25) is 5.78 Å². The molecule has 2 fully saturated rings. The minimum Gasteiger partial charge on any atom is -0.508 e. The molecule has 4 aliphatic rings. The summed E-state index contributed by atoms with van der Waals surface area (Å²) in [4.78, 5) is 41.2. The number of aromatic hydroxyl groups is 1. The third-order valence-corrected chi connectivity index (χ3v) is 7.55. The summed E-state index contributed by atoms with van der Waals surface area (Å²) in [5, 5.41) is 43.9. The lowest BCUT2D eigenvalue weighted by molar-refractivity contribution is -0.155. The quantitative estimate of drug-likeness (QED) is 0.377. The molecule has 1 heterocycles. The highest BCUT2D eigenvalue weighted by Gasteiger charge is 2.64. The molecule has 10 heteroatoms. The van der Waals surface area contributed by atoms with E-state index in [1.807, 2.05) is 0 Å². The Balaban J connectivity index is 1.70. The zero-order chi connectivity index (χ0) is 24.4. The van der Waals surface area contributed by atoms with Crippen molar-refractivity contribution in [3.8, 4) is 5.75 Å². The molecule has 4 atom stereocenters. The number of phenols is 1. The number of rotatable bonds is 2. The van der Waals surface area contributed by atoms with E-state index < -0.39 is 58.0 Å². The van der Waals surface area contributed by atoms with Crippen LogP contribution in [0.2, 0.25) is 0 Å². The smallest absolute Gasteiger partial charge is 0.255 e. The number of aliphatic hydroxyl groups is 3. The van der Waals surface area contributed by atoms with Gasteiger partial charge in [0.15, 0.2) is 11.4 Å². The molecule has 1 aliphatic heterocycles. The topological polar surface area (TPSA) is 171 Å². The second-order valence-electron chi connectivity index (χ2n) is 9.31. The van der Waals surface area contributed by atoms with E-state index in [-0.39, 0.29) is 23.3 Å². The molecule has 0 aromatic heterocycles. The maximum Gasteiger partial charge on any atom is 0.255 e. The van der Waals surface area contributed by atoms with E-state index in [2.05, 4.69) is 0 Å². The van der Waals surface area contributed by atoms with Gasteiger partial charge in [-0.15, -0.1) is 0 Å². The molecule has 1 saturated carbocycles. The fraction of sp³-hybridized carbons (Fsp3) is 0.458. The van der Waals surface area contributed by atoms with Crippen LogP contribution in [0.3, 0.4) is 0 Å². The van der Waals surface area contributed by atoms with Crippen molar-refractivity contribution < 1.29 is 39.5 Å². The molecule has 0 radical (unpaired) electrons. The highest BCUT2D eigenvalue weighted by molar-refractivity contribution is 6.24. The highest BCUT2D eigenvalue weighted by Crippen LogP contribution is 2.52. The van der Waals surface area contributed by atoms with E-state index in [1.165, 1.54) is 6.07 Å². The third kappa shape index (κ3) is 3.02. The number of amides is 1. The summed E-state index contributed by atoms with van der Waals surface area (Å²) < 4.78 is 5.48. The van der Waals surface area contributed by atoms with Gasteiger partial charge in [0.05, 0.1) is 18.2 Å². The lowest BCUT2D eigenvalue weighted by atomic mass is 9.57. The number of aliphatic hydroxyl groups excluding tert-OH is 2. The van der Waals surface area contributed by atoms with Crippen LogP contribution >= 0.6 is 0 Å². The number of nitrogens with two attached hydrogens (primary N) is 1. The SMILES string of the molecule is NC(=O)C1=C(O)[C@@]2(O)C(=O)C3=C(O)c4c(O)cccc4C[C@H]3C[C@H]2[C@@H](N2CCCOCC2)C1=O. The van der Waals surface area contributed by atoms with Gasteiger partial charge in [-0.25, -0.2) is 0 Å². The summed E-state index contributed by atoms with van der Waals surface area (Å²) in [7, 11) is 0. The van der Waals surface area contributed by atoms with Gasteiger partial charge in [-0.2, -0.15) is 0 Å². The van der Waals surface area contributed by atoms with Crippen LogP contribution < -0.4 is 5.73 Å². The van der Waals surface area contributed by atoms with Crippen molar-refractivity contribution in [1.82, 2.24) is 4.90 Å². The Morgan fingerprint density at radius 3 is 2.65 bits per heavy atom. The zero-order valence-corrected chi connectivity index (χ0v) is 18.4. The van der Waals surface area contributed by atoms with Gasteiger partial charge in [0, 0.05) is 31.2 Å². The number of benzene rings is 1. The van der Waals surface area contributed by atoms with Crippen LogP contribution in [0.4, 0.5) is 0 Å². The van der Waals surface area contributed by atoms with Crippen molar-refractivity contribution in [2.75, 3.05) is 26.3 Å². The Hall–Kier alpha value is -3.21. The molecule has 1 aromatic rings. The predicted octanol–water partition coefficient (Wildman–Crippen LogP) is 0.125. The monoisotopic (exact) mass is 470 g/mol. The first-order valence-corrected chi connectivity index (χ1v) is 11.3. The van der Waals surface area contributed by atoms with Crippen LogP contribution in [0.25, 0.3) is 5.76 Å². The number of ether oxygens (including phenoxy) is 1. The summed E-state index contributed by atoms with van der Waals surface area (Å²) in [5.41, 5.74) is 2.55. The molecule has 34 heavy (non-hydrogen) atoms. The number of fused-ring (bicyclic) bond motifs is 3. The summed E-state index contributed by atoms with van der Waals surface area (Å²) in [6, 6.07) is 3.65. The van der Waals surface area contributed by atoms with Crippen LogP contribution in [0.5, 0.6) is 5.75 Å². The maximum absolute atomic E-state index is 13.8. The predicted molar refractivity (Wildman–Crippen MR) is 118 cm³/mol. The van der Waals surface area contributed by atoms with E-state index in [4.69, 9.17) is 10.5 Å². The van der Waals surface area contributed by atoms with Crippen molar-refractivity contribution in [1.29, 1.82) is 0 Å². The molecule has 0 bridgehead atoms. The van der Waals surface area contributed by atoms with E-state index in [0.29, 0.717) is 44.7 Å². The highest BCUT2D eigenvalue weighted by atomic mass is 16.5. The third-order valence-electron chi connectivity index (χ3n) is 7.55. The Morgan fingerprint density at radius 1 is 1.15 bits per heavy atom. The first kappa shape index (κ1) is 22.6. The van der Waals surface area contributed by atoms with Crippen molar-refractivity contribution >= 4 is 23.2 Å². The number of nitrogens with zero attached hydrogens (tertiary/aromatic N) is 1.